The maximum Gasteiger partial charge on any atom is 0.437 e. The van der Waals surface area contributed by atoms with E-state index >= 15 is 0 Å². The third kappa shape index (κ3) is 6.00. The Kier molecular flexibility index (Phi) is 6.20. The summed E-state index contributed by atoms with van der Waals surface area (Å²) in [4.78, 5) is 11.2. The maximum atomic E-state index is 12.7. The zero-order valence-corrected chi connectivity index (χ0v) is 11.1. The Morgan fingerprint density at radius 2 is 1.95 bits per heavy atom. The molecule has 1 aliphatic rings. The first-order chi connectivity index (χ1) is 8.93. The molecule has 0 amide bonds. The molecule has 19 heavy (non-hydrogen) atoms. The lowest BCUT2D eigenvalue weighted by molar-refractivity contribution is -0.205. The second-order valence-corrected chi connectivity index (χ2v) is 4.79. The third-order valence-electron chi connectivity index (χ3n) is 3.02. The molecule has 1 fully saturated rings. The summed E-state index contributed by atoms with van der Waals surface area (Å²) in [6.07, 6.45) is -1.67. The van der Waals surface area contributed by atoms with Crippen LogP contribution in [0.15, 0.2) is 0 Å². The van der Waals surface area contributed by atoms with E-state index in [9.17, 15) is 18.0 Å². The van der Waals surface area contributed by atoms with Crippen molar-refractivity contribution in [2.24, 2.45) is 5.92 Å². The number of carbonyl (C=O) groups is 1. The van der Waals surface area contributed by atoms with E-state index in [2.05, 4.69) is 16.6 Å². The van der Waals surface area contributed by atoms with Gasteiger partial charge in [-0.15, -0.1) is 0 Å². The van der Waals surface area contributed by atoms with Gasteiger partial charge in [-0.1, -0.05) is 32.1 Å². The molecule has 0 heterocycles. The first-order valence-electron chi connectivity index (χ1n) is 6.70. The number of halogens is 3. The van der Waals surface area contributed by atoms with E-state index in [1.165, 1.54) is 0 Å². The Hall–Kier alpha value is -1.18. The van der Waals surface area contributed by atoms with Crippen molar-refractivity contribution < 1.29 is 22.7 Å². The van der Waals surface area contributed by atoms with E-state index in [0.29, 0.717) is 6.42 Å². The third-order valence-corrected chi connectivity index (χ3v) is 3.02. The van der Waals surface area contributed by atoms with E-state index in [1.807, 2.05) is 0 Å². The molecule has 5 heteroatoms. The standard InChI is InChI=1S/C14H19F3O2/c1-2-6-13(18)19-12(14(15,16)17)10-9-11-7-4-3-5-8-11/h11-12H,2-8H2,1H3/t12-/m0/s1. The van der Waals surface area contributed by atoms with Gasteiger partial charge in [-0.2, -0.15) is 13.2 Å². The first-order valence-corrected chi connectivity index (χ1v) is 6.70. The maximum absolute atomic E-state index is 12.7. The van der Waals surface area contributed by atoms with Gasteiger partial charge in [0.1, 0.15) is 0 Å². The van der Waals surface area contributed by atoms with Crippen LogP contribution in [-0.4, -0.2) is 18.2 Å². The lowest BCUT2D eigenvalue weighted by atomic mass is 9.90. The summed E-state index contributed by atoms with van der Waals surface area (Å²) in [5, 5.41) is 0. The molecule has 0 aromatic carbocycles. The molecule has 0 N–H and O–H groups in total. The molecule has 2 nitrogen and oxygen atoms in total. The predicted molar refractivity (Wildman–Crippen MR) is 65.2 cm³/mol. The van der Waals surface area contributed by atoms with Gasteiger partial charge in [0.15, 0.2) is 0 Å². The fraction of sp³-hybridized carbons (Fsp3) is 0.786. The highest BCUT2D eigenvalue weighted by Crippen LogP contribution is 2.25. The Balaban J connectivity index is 2.64. The van der Waals surface area contributed by atoms with Gasteiger partial charge >= 0.3 is 12.1 Å². The van der Waals surface area contributed by atoms with Crippen LogP contribution in [-0.2, 0) is 9.53 Å². The van der Waals surface area contributed by atoms with Gasteiger partial charge in [0.05, 0.1) is 0 Å². The fourth-order valence-corrected chi connectivity index (χ4v) is 2.01. The van der Waals surface area contributed by atoms with Crippen molar-refractivity contribution in [3.8, 4) is 11.8 Å². The number of rotatable bonds is 3. The largest absolute Gasteiger partial charge is 0.439 e. The number of esters is 1. The molecule has 0 aromatic rings. The highest BCUT2D eigenvalue weighted by Gasteiger charge is 2.41. The molecular formula is C14H19F3O2. The summed E-state index contributed by atoms with van der Waals surface area (Å²) in [7, 11) is 0. The molecule has 1 atom stereocenters. The molecule has 1 rings (SSSR count). The Bertz CT molecular complexity index is 346. The van der Waals surface area contributed by atoms with Crippen molar-refractivity contribution in [3.05, 3.63) is 0 Å². The summed E-state index contributed by atoms with van der Waals surface area (Å²) in [5.41, 5.74) is 0. The Labute approximate surface area is 111 Å². The van der Waals surface area contributed by atoms with Crippen LogP contribution in [0.1, 0.15) is 51.9 Å². The van der Waals surface area contributed by atoms with Crippen LogP contribution in [0.4, 0.5) is 13.2 Å². The lowest BCUT2D eigenvalue weighted by Crippen LogP contribution is -2.32. The fourth-order valence-electron chi connectivity index (χ4n) is 2.01. The van der Waals surface area contributed by atoms with Gasteiger partial charge in [-0.05, 0) is 25.2 Å². The van der Waals surface area contributed by atoms with Crippen LogP contribution in [0, 0.1) is 17.8 Å². The molecule has 0 aliphatic heterocycles. The molecule has 108 valence electrons. The molecule has 0 bridgehead atoms. The molecule has 0 unspecified atom stereocenters. The summed E-state index contributed by atoms with van der Waals surface area (Å²) >= 11 is 0. The van der Waals surface area contributed by atoms with Crippen LogP contribution in [0.2, 0.25) is 0 Å². The van der Waals surface area contributed by atoms with Gasteiger partial charge < -0.3 is 4.74 Å². The highest BCUT2D eigenvalue weighted by atomic mass is 19.4. The van der Waals surface area contributed by atoms with Crippen LogP contribution in [0.3, 0.4) is 0 Å². The monoisotopic (exact) mass is 276 g/mol. The number of alkyl halides is 3. The predicted octanol–water partition coefficient (Wildman–Crippen LogP) is 3.84. The Morgan fingerprint density at radius 1 is 1.32 bits per heavy atom. The van der Waals surface area contributed by atoms with E-state index in [0.717, 1.165) is 32.1 Å². The van der Waals surface area contributed by atoms with Gasteiger partial charge in [0.2, 0.25) is 0 Å². The summed E-state index contributed by atoms with van der Waals surface area (Å²) < 4.78 is 42.5. The zero-order valence-electron chi connectivity index (χ0n) is 11.1. The summed E-state index contributed by atoms with van der Waals surface area (Å²) in [5.74, 6) is 3.89. The SMILES string of the molecule is CCCC(=O)O[C@@H](C#CC1CCCCC1)C(F)(F)F. The molecule has 0 spiro atoms. The highest BCUT2D eigenvalue weighted by molar-refractivity contribution is 5.69. The minimum Gasteiger partial charge on any atom is -0.439 e. The van der Waals surface area contributed by atoms with Crippen molar-refractivity contribution in [1.82, 2.24) is 0 Å². The van der Waals surface area contributed by atoms with Crippen LogP contribution < -0.4 is 0 Å². The van der Waals surface area contributed by atoms with Gasteiger partial charge in [-0.3, -0.25) is 4.79 Å². The Morgan fingerprint density at radius 3 is 2.47 bits per heavy atom. The van der Waals surface area contributed by atoms with Crippen molar-refractivity contribution in [3.63, 3.8) is 0 Å². The van der Waals surface area contributed by atoms with Crippen molar-refractivity contribution in [2.75, 3.05) is 0 Å². The smallest absolute Gasteiger partial charge is 0.437 e. The number of carbonyl (C=O) groups excluding carboxylic acids is 1. The summed E-state index contributed by atoms with van der Waals surface area (Å²) in [6, 6.07) is 0. The van der Waals surface area contributed by atoms with Gasteiger partial charge in [-0.25, -0.2) is 0 Å². The topological polar surface area (TPSA) is 26.3 Å². The van der Waals surface area contributed by atoms with Crippen molar-refractivity contribution in [2.45, 2.75) is 64.1 Å². The number of hydrogen-bond donors (Lipinski definition) is 0. The molecular weight excluding hydrogens is 257 g/mol. The molecule has 0 radical (unpaired) electrons. The minimum absolute atomic E-state index is 0.00322. The zero-order chi connectivity index (χ0) is 14.3. The molecule has 1 saturated carbocycles. The molecule has 0 saturated heterocycles. The first kappa shape index (κ1) is 15.9. The molecule has 0 aromatic heterocycles. The van der Waals surface area contributed by atoms with E-state index < -0.39 is 18.2 Å². The summed E-state index contributed by atoms with van der Waals surface area (Å²) in [6.45, 7) is 1.71. The lowest BCUT2D eigenvalue weighted by Gasteiger charge is -2.18. The van der Waals surface area contributed by atoms with Crippen molar-refractivity contribution >= 4 is 5.97 Å². The second-order valence-electron chi connectivity index (χ2n) is 4.79. The minimum atomic E-state index is -4.62. The van der Waals surface area contributed by atoms with Crippen molar-refractivity contribution in [1.29, 1.82) is 0 Å². The van der Waals surface area contributed by atoms with Gasteiger partial charge in [0.25, 0.3) is 6.10 Å². The van der Waals surface area contributed by atoms with Crippen LogP contribution in [0.25, 0.3) is 0 Å². The normalized spacial score (nSPS) is 18.3. The number of hydrogen-bond acceptors (Lipinski definition) is 2. The quantitative estimate of drug-likeness (QED) is 0.578. The average Bonchev–Trinajstić information content (AvgIpc) is 2.34. The van der Waals surface area contributed by atoms with Gasteiger partial charge in [0, 0.05) is 12.3 Å². The van der Waals surface area contributed by atoms with E-state index in [-0.39, 0.29) is 12.3 Å². The van der Waals surface area contributed by atoms with Crippen LogP contribution >= 0.6 is 0 Å². The van der Waals surface area contributed by atoms with Crippen LogP contribution in [0.5, 0.6) is 0 Å². The molecule has 1 aliphatic carbocycles. The van der Waals surface area contributed by atoms with E-state index in [4.69, 9.17) is 0 Å². The second kappa shape index (κ2) is 7.42. The average molecular weight is 276 g/mol. The van der Waals surface area contributed by atoms with E-state index in [1.54, 1.807) is 6.92 Å². The number of ether oxygens (including phenoxy) is 1.